The van der Waals surface area contributed by atoms with Crippen molar-refractivity contribution in [1.82, 2.24) is 5.32 Å². The van der Waals surface area contributed by atoms with Crippen molar-refractivity contribution in [2.45, 2.75) is 12.5 Å². The predicted octanol–water partition coefficient (Wildman–Crippen LogP) is 0.780. The van der Waals surface area contributed by atoms with Crippen LogP contribution in [0.15, 0.2) is 17.6 Å². The molecule has 0 spiro atoms. The first kappa shape index (κ1) is 8.33. The lowest BCUT2D eigenvalue weighted by Gasteiger charge is -1.96. The number of carbonyl (C=O) groups is 1. The van der Waals surface area contributed by atoms with Gasteiger partial charge in [0.15, 0.2) is 5.17 Å². The van der Waals surface area contributed by atoms with Gasteiger partial charge in [-0.1, -0.05) is 17.8 Å². The Balaban J connectivity index is 2.59. The number of amides is 1. The molecule has 0 saturated heterocycles. The smallest absolute Gasteiger partial charge is 0.251 e. The Morgan fingerprint density at radius 2 is 2.64 bits per heavy atom. The SMILES string of the molecule is C=CCC1N=C(SC)NC1=O. The lowest BCUT2D eigenvalue weighted by molar-refractivity contribution is -0.119. The molecule has 0 saturated carbocycles. The third-order valence-corrected chi connectivity index (χ3v) is 1.98. The Kier molecular flexibility index (Phi) is 2.70. The van der Waals surface area contributed by atoms with Gasteiger partial charge in [0.25, 0.3) is 5.91 Å². The highest BCUT2D eigenvalue weighted by atomic mass is 32.2. The summed E-state index contributed by atoms with van der Waals surface area (Å²) in [6.07, 6.45) is 4.21. The van der Waals surface area contributed by atoms with Gasteiger partial charge in [-0.25, -0.2) is 4.99 Å². The highest BCUT2D eigenvalue weighted by Crippen LogP contribution is 2.10. The molecule has 1 N–H and O–H groups in total. The van der Waals surface area contributed by atoms with E-state index in [4.69, 9.17) is 0 Å². The van der Waals surface area contributed by atoms with E-state index in [1.54, 1.807) is 6.08 Å². The van der Waals surface area contributed by atoms with Gasteiger partial charge < -0.3 is 5.32 Å². The summed E-state index contributed by atoms with van der Waals surface area (Å²) in [4.78, 5) is 15.2. The topological polar surface area (TPSA) is 41.5 Å². The van der Waals surface area contributed by atoms with E-state index in [1.165, 1.54) is 11.8 Å². The minimum atomic E-state index is -0.241. The number of aliphatic imine (C=N–C) groups is 1. The first-order valence-corrected chi connectivity index (χ1v) is 4.54. The van der Waals surface area contributed by atoms with Crippen LogP contribution in [0.25, 0.3) is 0 Å². The third-order valence-electron chi connectivity index (χ3n) is 1.39. The molecule has 1 amide bonds. The van der Waals surface area contributed by atoms with E-state index in [9.17, 15) is 4.79 Å². The minimum Gasteiger partial charge on any atom is -0.304 e. The molecule has 0 bridgehead atoms. The second-order valence-corrected chi connectivity index (χ2v) is 2.96. The van der Waals surface area contributed by atoms with E-state index in [0.717, 1.165) is 0 Å². The fraction of sp³-hybridized carbons (Fsp3) is 0.429. The van der Waals surface area contributed by atoms with Gasteiger partial charge in [0.1, 0.15) is 6.04 Å². The van der Waals surface area contributed by atoms with E-state index in [1.807, 2.05) is 6.26 Å². The predicted molar refractivity (Wildman–Crippen MR) is 47.7 cm³/mol. The van der Waals surface area contributed by atoms with Gasteiger partial charge in [-0.15, -0.1) is 6.58 Å². The molecule has 0 aromatic rings. The number of rotatable bonds is 2. The van der Waals surface area contributed by atoms with Crippen LogP contribution in [0.5, 0.6) is 0 Å². The van der Waals surface area contributed by atoms with Gasteiger partial charge in [-0.05, 0) is 12.7 Å². The highest BCUT2D eigenvalue weighted by molar-refractivity contribution is 8.13. The summed E-state index contributed by atoms with van der Waals surface area (Å²) in [5.74, 6) is -0.0192. The molecular formula is C7H10N2OS. The minimum absolute atomic E-state index is 0.0192. The number of amidine groups is 1. The number of thioether (sulfide) groups is 1. The molecule has 11 heavy (non-hydrogen) atoms. The molecule has 0 radical (unpaired) electrons. The summed E-state index contributed by atoms with van der Waals surface area (Å²) in [5, 5.41) is 3.37. The number of hydrogen-bond acceptors (Lipinski definition) is 3. The summed E-state index contributed by atoms with van der Waals surface area (Å²) in [6.45, 7) is 3.55. The highest BCUT2D eigenvalue weighted by Gasteiger charge is 2.23. The summed E-state index contributed by atoms with van der Waals surface area (Å²) in [7, 11) is 0. The van der Waals surface area contributed by atoms with Gasteiger partial charge in [0, 0.05) is 0 Å². The fourth-order valence-electron chi connectivity index (χ4n) is 0.842. The molecule has 1 rings (SSSR count). The van der Waals surface area contributed by atoms with Gasteiger partial charge in [-0.2, -0.15) is 0 Å². The Bertz CT molecular complexity index is 212. The van der Waals surface area contributed by atoms with Crippen LogP contribution in [0, 0.1) is 0 Å². The average Bonchev–Trinajstić information content (AvgIpc) is 2.33. The van der Waals surface area contributed by atoms with Gasteiger partial charge in [-0.3, -0.25) is 4.79 Å². The lowest BCUT2D eigenvalue weighted by Crippen LogP contribution is -2.26. The van der Waals surface area contributed by atoms with Crippen LogP contribution in [0.2, 0.25) is 0 Å². The van der Waals surface area contributed by atoms with Crippen LogP contribution in [-0.2, 0) is 4.79 Å². The molecular weight excluding hydrogens is 160 g/mol. The quantitative estimate of drug-likeness (QED) is 0.622. The monoisotopic (exact) mass is 170 g/mol. The van der Waals surface area contributed by atoms with Crippen LogP contribution in [0.3, 0.4) is 0 Å². The molecule has 0 fully saturated rings. The van der Waals surface area contributed by atoms with Crippen LogP contribution in [0.1, 0.15) is 6.42 Å². The van der Waals surface area contributed by atoms with Crippen molar-refractivity contribution in [2.75, 3.05) is 6.26 Å². The molecule has 1 aliphatic heterocycles. The fourth-order valence-corrected chi connectivity index (χ4v) is 1.28. The van der Waals surface area contributed by atoms with Gasteiger partial charge >= 0.3 is 0 Å². The zero-order valence-corrected chi connectivity index (χ0v) is 7.15. The number of nitrogens with one attached hydrogen (secondary N) is 1. The maximum Gasteiger partial charge on any atom is 0.251 e. The van der Waals surface area contributed by atoms with Crippen LogP contribution < -0.4 is 5.32 Å². The van der Waals surface area contributed by atoms with Crippen molar-refractivity contribution in [1.29, 1.82) is 0 Å². The van der Waals surface area contributed by atoms with Crippen molar-refractivity contribution in [2.24, 2.45) is 4.99 Å². The van der Waals surface area contributed by atoms with Gasteiger partial charge in [0.2, 0.25) is 0 Å². The summed E-state index contributed by atoms with van der Waals surface area (Å²) >= 11 is 1.45. The molecule has 0 aliphatic carbocycles. The van der Waals surface area contributed by atoms with E-state index in [0.29, 0.717) is 11.6 Å². The normalized spacial score (nSPS) is 22.8. The van der Waals surface area contributed by atoms with Crippen molar-refractivity contribution in [3.05, 3.63) is 12.7 Å². The molecule has 4 heteroatoms. The zero-order valence-electron chi connectivity index (χ0n) is 6.33. The summed E-state index contributed by atoms with van der Waals surface area (Å²) in [5.41, 5.74) is 0. The molecule has 0 aromatic carbocycles. The zero-order chi connectivity index (χ0) is 8.27. The molecule has 60 valence electrons. The van der Waals surface area contributed by atoms with Crippen molar-refractivity contribution >= 4 is 22.8 Å². The van der Waals surface area contributed by atoms with E-state index < -0.39 is 0 Å². The number of carbonyl (C=O) groups excluding carboxylic acids is 1. The van der Waals surface area contributed by atoms with Crippen LogP contribution >= 0.6 is 11.8 Å². The second kappa shape index (κ2) is 3.57. The molecule has 1 atom stereocenters. The third kappa shape index (κ3) is 1.83. The van der Waals surface area contributed by atoms with E-state index in [-0.39, 0.29) is 11.9 Å². The van der Waals surface area contributed by atoms with Gasteiger partial charge in [0.05, 0.1) is 0 Å². The Hall–Kier alpha value is -0.770. The van der Waals surface area contributed by atoms with E-state index in [2.05, 4.69) is 16.9 Å². The first-order chi connectivity index (χ1) is 5.27. The Morgan fingerprint density at radius 3 is 3.09 bits per heavy atom. The first-order valence-electron chi connectivity index (χ1n) is 3.31. The maximum absolute atomic E-state index is 11.0. The lowest BCUT2D eigenvalue weighted by atomic mass is 10.2. The number of hydrogen-bond donors (Lipinski definition) is 1. The summed E-state index contributed by atoms with van der Waals surface area (Å²) in [6, 6.07) is -0.241. The molecule has 3 nitrogen and oxygen atoms in total. The van der Waals surface area contributed by atoms with Crippen molar-refractivity contribution in [3.8, 4) is 0 Å². The molecule has 1 unspecified atom stereocenters. The summed E-state index contributed by atoms with van der Waals surface area (Å²) < 4.78 is 0. The largest absolute Gasteiger partial charge is 0.304 e. The van der Waals surface area contributed by atoms with Crippen LogP contribution in [-0.4, -0.2) is 23.4 Å². The Labute approximate surface area is 70.0 Å². The second-order valence-electron chi connectivity index (χ2n) is 2.17. The Morgan fingerprint density at radius 1 is 1.91 bits per heavy atom. The number of nitrogens with zero attached hydrogens (tertiary/aromatic N) is 1. The standard InChI is InChI=1S/C7H10N2OS/c1-3-4-5-6(10)9-7(8-5)11-2/h3,5H,1,4H2,2H3,(H,8,9,10). The van der Waals surface area contributed by atoms with Crippen LogP contribution in [0.4, 0.5) is 0 Å². The molecule has 1 heterocycles. The molecule has 0 aromatic heterocycles. The average molecular weight is 170 g/mol. The van der Waals surface area contributed by atoms with E-state index >= 15 is 0 Å². The molecule has 1 aliphatic rings. The maximum atomic E-state index is 11.0. The van der Waals surface area contributed by atoms with Crippen molar-refractivity contribution < 1.29 is 4.79 Å². The van der Waals surface area contributed by atoms with Crippen molar-refractivity contribution in [3.63, 3.8) is 0 Å².